The number of rotatable bonds is 2. The Bertz CT molecular complexity index is 1070. The van der Waals surface area contributed by atoms with Gasteiger partial charge in [0, 0.05) is 21.9 Å². The van der Waals surface area contributed by atoms with E-state index in [0.717, 1.165) is 19.3 Å². The second-order valence-electron chi connectivity index (χ2n) is 8.89. The highest BCUT2D eigenvalue weighted by atomic mass is 35.5. The number of carboxylic acids is 1. The molecule has 1 aromatic heterocycles. The summed E-state index contributed by atoms with van der Waals surface area (Å²) in [5.74, 6) is 5.99. The first-order chi connectivity index (χ1) is 13.8. The van der Waals surface area contributed by atoms with Gasteiger partial charge in [0.1, 0.15) is 5.69 Å². The molecule has 0 atom stereocenters. The van der Waals surface area contributed by atoms with Gasteiger partial charge in [-0.2, -0.15) is 0 Å². The van der Waals surface area contributed by atoms with Gasteiger partial charge in [0.05, 0.1) is 16.1 Å². The van der Waals surface area contributed by atoms with Crippen molar-refractivity contribution < 1.29 is 14.7 Å². The van der Waals surface area contributed by atoms with Crippen molar-refractivity contribution in [3.63, 3.8) is 0 Å². The van der Waals surface area contributed by atoms with Gasteiger partial charge in [0.15, 0.2) is 0 Å². The molecule has 1 heterocycles. The molecule has 0 spiro atoms. The molecular weight excluding hydrogens is 411 g/mol. The van der Waals surface area contributed by atoms with E-state index >= 15 is 0 Å². The molecule has 4 bridgehead atoms. The third-order valence-corrected chi connectivity index (χ3v) is 7.26. The lowest BCUT2D eigenvalue weighted by Gasteiger charge is -2.56. The minimum atomic E-state index is -1.17. The number of fused-ring (bicyclic) bond motifs is 1. The third kappa shape index (κ3) is 3.29. The number of amides is 1. The Kier molecular flexibility index (Phi) is 4.34. The minimum absolute atomic E-state index is 0.0979. The fourth-order valence-electron chi connectivity index (χ4n) is 6.19. The molecule has 6 rings (SSSR count). The van der Waals surface area contributed by atoms with Gasteiger partial charge < -0.3 is 15.4 Å². The van der Waals surface area contributed by atoms with Crippen LogP contribution in [0, 0.1) is 29.6 Å². The maximum atomic E-state index is 12.7. The quantitative estimate of drug-likeness (QED) is 0.608. The summed E-state index contributed by atoms with van der Waals surface area (Å²) in [6, 6.07) is 3.13. The van der Waals surface area contributed by atoms with Crippen LogP contribution in [0.5, 0.6) is 0 Å². The van der Waals surface area contributed by atoms with E-state index in [1.165, 1.54) is 25.3 Å². The van der Waals surface area contributed by atoms with E-state index < -0.39 is 5.97 Å². The summed E-state index contributed by atoms with van der Waals surface area (Å²) in [6.45, 7) is 0. The predicted molar refractivity (Wildman–Crippen MR) is 111 cm³/mol. The van der Waals surface area contributed by atoms with Gasteiger partial charge in [-0.05, 0) is 68.4 Å². The number of aromatic carboxylic acids is 1. The topological polar surface area (TPSA) is 82.2 Å². The van der Waals surface area contributed by atoms with Crippen LogP contribution in [0.2, 0.25) is 10.0 Å². The summed E-state index contributed by atoms with van der Waals surface area (Å²) in [7, 11) is 0. The van der Waals surface area contributed by atoms with Gasteiger partial charge in [-0.1, -0.05) is 29.1 Å². The molecule has 4 aliphatic rings. The number of nitrogens with one attached hydrogen (secondary N) is 2. The smallest absolute Gasteiger partial charge is 0.353 e. The van der Waals surface area contributed by atoms with Gasteiger partial charge in [0.2, 0.25) is 0 Å². The normalized spacial score (nSPS) is 29.5. The number of carbonyl (C=O) groups is 2. The number of carboxylic acid groups (broad SMARTS) is 1. The van der Waals surface area contributed by atoms with Crippen molar-refractivity contribution >= 4 is 46.0 Å². The van der Waals surface area contributed by atoms with Crippen molar-refractivity contribution in [2.75, 3.05) is 0 Å². The Hall–Kier alpha value is -2.16. The van der Waals surface area contributed by atoms with E-state index in [1.54, 1.807) is 6.07 Å². The molecule has 0 aliphatic heterocycles. The maximum Gasteiger partial charge on any atom is 0.353 e. The fourth-order valence-corrected chi connectivity index (χ4v) is 6.78. The van der Waals surface area contributed by atoms with Crippen LogP contribution in [0.25, 0.3) is 10.9 Å². The van der Waals surface area contributed by atoms with Crippen LogP contribution in [0.15, 0.2) is 12.1 Å². The van der Waals surface area contributed by atoms with Crippen molar-refractivity contribution in [3.8, 4) is 11.8 Å². The van der Waals surface area contributed by atoms with Crippen LogP contribution in [0.1, 0.15) is 54.6 Å². The minimum Gasteiger partial charge on any atom is -0.477 e. The summed E-state index contributed by atoms with van der Waals surface area (Å²) < 4.78 is 0. The monoisotopic (exact) mass is 430 g/mol. The van der Waals surface area contributed by atoms with Crippen LogP contribution >= 0.6 is 23.2 Å². The molecule has 0 unspecified atom stereocenters. The van der Waals surface area contributed by atoms with Gasteiger partial charge in [-0.3, -0.25) is 4.79 Å². The van der Waals surface area contributed by atoms with Crippen molar-refractivity contribution in [2.45, 2.75) is 44.1 Å². The van der Waals surface area contributed by atoms with E-state index in [1.807, 2.05) is 0 Å². The Morgan fingerprint density at radius 3 is 2.31 bits per heavy atom. The Labute approximate surface area is 178 Å². The van der Waals surface area contributed by atoms with Gasteiger partial charge in [-0.25, -0.2) is 4.79 Å². The van der Waals surface area contributed by atoms with Crippen molar-refractivity contribution in [3.05, 3.63) is 33.4 Å². The summed E-state index contributed by atoms with van der Waals surface area (Å²) in [6.07, 6.45) is 6.97. The number of aromatic amines is 1. The van der Waals surface area contributed by atoms with Crippen molar-refractivity contribution in [2.24, 2.45) is 17.8 Å². The molecule has 0 saturated heterocycles. The molecule has 7 heteroatoms. The zero-order chi connectivity index (χ0) is 20.3. The van der Waals surface area contributed by atoms with E-state index in [2.05, 4.69) is 22.1 Å². The highest BCUT2D eigenvalue weighted by Crippen LogP contribution is 2.55. The number of hydrogen-bond acceptors (Lipinski definition) is 2. The maximum absolute atomic E-state index is 12.7. The standard InChI is InChI=1S/C22H20Cl2N2O3/c23-14-6-16(24)19-15(20(21(28)29)25-17(19)7-14)1-2-18(27)26-22-8-11-3-12(9-22)5-13(4-11)10-22/h6-7,11-13,25H,3-5,8-10H2,(H,26,27)(H,28,29). The lowest BCUT2D eigenvalue weighted by molar-refractivity contribution is -0.121. The first kappa shape index (κ1) is 18.8. The molecule has 29 heavy (non-hydrogen) atoms. The summed E-state index contributed by atoms with van der Waals surface area (Å²) in [5, 5.41) is 13.9. The average molecular weight is 431 g/mol. The highest BCUT2D eigenvalue weighted by Gasteiger charge is 2.51. The first-order valence-electron chi connectivity index (χ1n) is 9.90. The highest BCUT2D eigenvalue weighted by molar-refractivity contribution is 6.39. The van der Waals surface area contributed by atoms with Gasteiger partial charge >= 0.3 is 5.97 Å². The van der Waals surface area contributed by atoms with Gasteiger partial charge in [-0.15, -0.1) is 0 Å². The largest absolute Gasteiger partial charge is 0.477 e. The molecular formula is C22H20Cl2N2O3. The molecule has 4 saturated carbocycles. The Balaban J connectivity index is 1.46. The first-order valence-corrected chi connectivity index (χ1v) is 10.7. The average Bonchev–Trinajstić information content (AvgIpc) is 2.97. The molecule has 1 amide bonds. The number of aromatic nitrogens is 1. The lowest BCUT2D eigenvalue weighted by Crippen LogP contribution is -2.59. The molecule has 4 aliphatic carbocycles. The number of benzene rings is 1. The molecule has 1 aromatic carbocycles. The van der Waals surface area contributed by atoms with E-state index in [0.29, 0.717) is 38.7 Å². The predicted octanol–water partition coefficient (Wildman–Crippen LogP) is 4.61. The van der Waals surface area contributed by atoms with E-state index in [-0.39, 0.29) is 22.7 Å². The molecule has 0 radical (unpaired) electrons. The van der Waals surface area contributed by atoms with E-state index in [4.69, 9.17) is 23.2 Å². The van der Waals surface area contributed by atoms with Crippen molar-refractivity contribution in [1.82, 2.24) is 10.3 Å². The second kappa shape index (κ2) is 6.68. The number of carbonyl (C=O) groups excluding carboxylic acids is 1. The molecule has 5 nitrogen and oxygen atoms in total. The summed E-state index contributed by atoms with van der Waals surface area (Å²) in [4.78, 5) is 27.1. The van der Waals surface area contributed by atoms with Gasteiger partial charge in [0.25, 0.3) is 5.91 Å². The zero-order valence-corrected chi connectivity index (χ0v) is 17.2. The molecule has 150 valence electrons. The van der Waals surface area contributed by atoms with Crippen LogP contribution < -0.4 is 5.32 Å². The SMILES string of the molecule is O=C(C#Cc1c(C(=O)O)[nH]c2cc(Cl)cc(Cl)c12)NC12CC3CC(CC(C3)C1)C2. The molecule has 2 aromatic rings. The lowest BCUT2D eigenvalue weighted by atomic mass is 9.53. The summed E-state index contributed by atoms with van der Waals surface area (Å²) in [5.41, 5.74) is 0.446. The Morgan fingerprint density at radius 1 is 1.10 bits per heavy atom. The van der Waals surface area contributed by atoms with Crippen LogP contribution in [-0.4, -0.2) is 27.5 Å². The summed E-state index contributed by atoms with van der Waals surface area (Å²) >= 11 is 12.3. The van der Waals surface area contributed by atoms with Crippen molar-refractivity contribution in [1.29, 1.82) is 0 Å². The number of hydrogen-bond donors (Lipinski definition) is 3. The molecule has 4 fully saturated rings. The number of halogens is 2. The van der Waals surface area contributed by atoms with Crippen LogP contribution in [0.4, 0.5) is 0 Å². The fraction of sp³-hybridized carbons (Fsp3) is 0.455. The third-order valence-electron chi connectivity index (χ3n) is 6.75. The van der Waals surface area contributed by atoms with Crippen LogP contribution in [-0.2, 0) is 4.79 Å². The Morgan fingerprint density at radius 2 is 1.72 bits per heavy atom. The van der Waals surface area contributed by atoms with E-state index in [9.17, 15) is 14.7 Å². The second-order valence-corrected chi connectivity index (χ2v) is 9.74. The zero-order valence-electron chi connectivity index (χ0n) is 15.6. The van der Waals surface area contributed by atoms with Crippen LogP contribution in [0.3, 0.4) is 0 Å². The number of H-pyrrole nitrogens is 1. The molecule has 3 N–H and O–H groups in total.